The normalized spacial score (nSPS) is 20.4. The van der Waals surface area contributed by atoms with Crippen molar-refractivity contribution in [2.24, 2.45) is 4.99 Å². The van der Waals surface area contributed by atoms with Gasteiger partial charge in [-0.1, -0.05) is 6.08 Å². The predicted molar refractivity (Wildman–Crippen MR) is 93.7 cm³/mol. The van der Waals surface area contributed by atoms with E-state index in [9.17, 15) is 0 Å². The fraction of sp³-hybridized carbons (Fsp3) is 0.611. The summed E-state index contributed by atoms with van der Waals surface area (Å²) in [4.78, 5) is 7.31. The van der Waals surface area contributed by atoms with Crippen molar-refractivity contribution in [2.45, 2.75) is 44.2 Å². The SMILES string of the molecule is C=CCNC(=NCCc1ccco1)NC1CCN(C2CC2)CC1. The number of guanidine groups is 1. The highest BCUT2D eigenvalue weighted by Crippen LogP contribution is 2.29. The van der Waals surface area contributed by atoms with Crippen molar-refractivity contribution in [1.29, 1.82) is 0 Å². The molecule has 1 aromatic rings. The smallest absolute Gasteiger partial charge is 0.191 e. The van der Waals surface area contributed by atoms with Gasteiger partial charge in [-0.2, -0.15) is 0 Å². The average molecular weight is 316 g/mol. The van der Waals surface area contributed by atoms with Gasteiger partial charge in [0.25, 0.3) is 0 Å². The van der Waals surface area contributed by atoms with Crippen LogP contribution in [0.25, 0.3) is 0 Å². The Balaban J connectivity index is 1.46. The van der Waals surface area contributed by atoms with E-state index >= 15 is 0 Å². The zero-order valence-electron chi connectivity index (χ0n) is 13.8. The molecule has 0 radical (unpaired) electrons. The lowest BCUT2D eigenvalue weighted by molar-refractivity contribution is 0.197. The van der Waals surface area contributed by atoms with Gasteiger partial charge in [0.15, 0.2) is 5.96 Å². The van der Waals surface area contributed by atoms with E-state index in [1.165, 1.54) is 38.8 Å². The fourth-order valence-electron chi connectivity index (χ4n) is 3.10. The number of furan rings is 1. The Morgan fingerprint density at radius 3 is 2.83 bits per heavy atom. The molecule has 1 saturated carbocycles. The van der Waals surface area contributed by atoms with Gasteiger partial charge in [-0.15, -0.1) is 6.58 Å². The molecule has 1 aliphatic heterocycles. The van der Waals surface area contributed by atoms with Gasteiger partial charge in [0.05, 0.1) is 6.26 Å². The topological polar surface area (TPSA) is 52.8 Å². The highest BCUT2D eigenvalue weighted by Gasteiger charge is 2.31. The molecule has 2 aliphatic rings. The first-order valence-corrected chi connectivity index (χ1v) is 8.77. The zero-order valence-corrected chi connectivity index (χ0v) is 13.8. The summed E-state index contributed by atoms with van der Waals surface area (Å²) in [7, 11) is 0. The first-order valence-electron chi connectivity index (χ1n) is 8.77. The second-order valence-corrected chi connectivity index (χ2v) is 6.42. The summed E-state index contributed by atoms with van der Waals surface area (Å²) in [6.07, 6.45) is 9.60. The molecular formula is C18H28N4O. The van der Waals surface area contributed by atoms with Crippen LogP contribution in [-0.4, -0.2) is 49.1 Å². The van der Waals surface area contributed by atoms with Crippen molar-refractivity contribution in [3.05, 3.63) is 36.8 Å². The van der Waals surface area contributed by atoms with Crippen LogP contribution < -0.4 is 10.6 Å². The standard InChI is InChI=1S/C18H28N4O/c1-2-10-19-18(20-11-7-17-4-3-14-23-17)21-15-8-12-22(13-9-15)16-5-6-16/h2-4,14-16H,1,5-13H2,(H2,19,20,21). The lowest BCUT2D eigenvalue weighted by Crippen LogP contribution is -2.49. The van der Waals surface area contributed by atoms with Gasteiger partial charge in [-0.25, -0.2) is 0 Å². The molecule has 126 valence electrons. The number of nitrogens with zero attached hydrogens (tertiary/aromatic N) is 2. The van der Waals surface area contributed by atoms with Crippen LogP contribution in [0, 0.1) is 0 Å². The van der Waals surface area contributed by atoms with E-state index in [0.29, 0.717) is 6.04 Å². The minimum Gasteiger partial charge on any atom is -0.469 e. The average Bonchev–Trinajstić information content (AvgIpc) is 3.30. The summed E-state index contributed by atoms with van der Waals surface area (Å²) < 4.78 is 5.35. The van der Waals surface area contributed by atoms with Gasteiger partial charge < -0.3 is 20.0 Å². The first-order chi connectivity index (χ1) is 11.3. The van der Waals surface area contributed by atoms with Crippen LogP contribution in [0.5, 0.6) is 0 Å². The van der Waals surface area contributed by atoms with Gasteiger partial charge >= 0.3 is 0 Å². The van der Waals surface area contributed by atoms with Crippen LogP contribution in [0.15, 0.2) is 40.5 Å². The molecule has 2 N–H and O–H groups in total. The molecule has 1 aliphatic carbocycles. The van der Waals surface area contributed by atoms with Crippen LogP contribution in [0.1, 0.15) is 31.4 Å². The summed E-state index contributed by atoms with van der Waals surface area (Å²) in [6.45, 7) is 7.65. The van der Waals surface area contributed by atoms with Gasteiger partial charge in [-0.3, -0.25) is 4.99 Å². The largest absolute Gasteiger partial charge is 0.469 e. The monoisotopic (exact) mass is 316 g/mol. The molecule has 5 nitrogen and oxygen atoms in total. The third-order valence-corrected chi connectivity index (χ3v) is 4.56. The predicted octanol–water partition coefficient (Wildman–Crippen LogP) is 2.17. The number of nitrogens with one attached hydrogen (secondary N) is 2. The van der Waals surface area contributed by atoms with E-state index < -0.39 is 0 Å². The van der Waals surface area contributed by atoms with Crippen LogP contribution >= 0.6 is 0 Å². The molecule has 1 aromatic heterocycles. The molecule has 3 rings (SSSR count). The van der Waals surface area contributed by atoms with E-state index in [4.69, 9.17) is 4.42 Å². The molecule has 1 saturated heterocycles. The summed E-state index contributed by atoms with van der Waals surface area (Å²) >= 11 is 0. The summed E-state index contributed by atoms with van der Waals surface area (Å²) in [6, 6.07) is 5.32. The van der Waals surface area contributed by atoms with E-state index in [1.54, 1.807) is 6.26 Å². The number of likely N-dealkylation sites (tertiary alicyclic amines) is 1. The molecule has 0 amide bonds. The summed E-state index contributed by atoms with van der Waals surface area (Å²) in [5.41, 5.74) is 0. The Labute approximate surface area is 138 Å². The van der Waals surface area contributed by atoms with E-state index in [-0.39, 0.29) is 0 Å². The van der Waals surface area contributed by atoms with E-state index in [2.05, 4.69) is 27.1 Å². The van der Waals surface area contributed by atoms with Crippen molar-refractivity contribution >= 4 is 5.96 Å². The zero-order chi connectivity index (χ0) is 15.9. The van der Waals surface area contributed by atoms with Crippen LogP contribution in [-0.2, 0) is 6.42 Å². The molecular weight excluding hydrogens is 288 g/mol. The first kappa shape index (κ1) is 16.1. The summed E-state index contributed by atoms with van der Waals surface area (Å²) in [5, 5.41) is 6.90. The Hall–Kier alpha value is -1.75. The maximum atomic E-state index is 5.35. The minimum atomic E-state index is 0.518. The fourth-order valence-corrected chi connectivity index (χ4v) is 3.10. The maximum absolute atomic E-state index is 5.35. The summed E-state index contributed by atoms with van der Waals surface area (Å²) in [5.74, 6) is 1.87. The van der Waals surface area contributed by atoms with Gasteiger partial charge in [0, 0.05) is 44.7 Å². The third kappa shape index (κ3) is 5.13. The second kappa shape index (κ2) is 8.20. The van der Waals surface area contributed by atoms with E-state index in [1.807, 2.05) is 18.2 Å². The van der Waals surface area contributed by atoms with Crippen molar-refractivity contribution < 1.29 is 4.42 Å². The third-order valence-electron chi connectivity index (χ3n) is 4.56. The molecule has 0 aromatic carbocycles. The lowest BCUT2D eigenvalue weighted by atomic mass is 10.1. The number of aliphatic imine (C=N–C) groups is 1. The molecule has 2 heterocycles. The van der Waals surface area contributed by atoms with Gasteiger partial charge in [-0.05, 0) is 37.8 Å². The highest BCUT2D eigenvalue weighted by molar-refractivity contribution is 5.80. The molecule has 0 atom stereocenters. The van der Waals surface area contributed by atoms with Crippen molar-refractivity contribution in [3.8, 4) is 0 Å². The number of hydrogen-bond acceptors (Lipinski definition) is 3. The lowest BCUT2D eigenvalue weighted by Gasteiger charge is -2.33. The number of rotatable bonds is 7. The molecule has 2 fully saturated rings. The van der Waals surface area contributed by atoms with Crippen molar-refractivity contribution in [2.75, 3.05) is 26.2 Å². The molecule has 0 spiro atoms. The maximum Gasteiger partial charge on any atom is 0.191 e. The molecule has 0 bridgehead atoms. The van der Waals surface area contributed by atoms with Crippen molar-refractivity contribution in [3.63, 3.8) is 0 Å². The quantitative estimate of drug-likeness (QED) is 0.460. The second-order valence-electron chi connectivity index (χ2n) is 6.42. The van der Waals surface area contributed by atoms with Gasteiger partial charge in [0.2, 0.25) is 0 Å². The minimum absolute atomic E-state index is 0.518. The van der Waals surface area contributed by atoms with Crippen LogP contribution in [0.2, 0.25) is 0 Å². The Bertz CT molecular complexity index is 499. The Morgan fingerprint density at radius 1 is 1.35 bits per heavy atom. The Morgan fingerprint density at radius 2 is 2.17 bits per heavy atom. The molecule has 23 heavy (non-hydrogen) atoms. The Kier molecular flexibility index (Phi) is 5.75. The van der Waals surface area contributed by atoms with Gasteiger partial charge in [0.1, 0.15) is 5.76 Å². The highest BCUT2D eigenvalue weighted by atomic mass is 16.3. The van der Waals surface area contributed by atoms with Crippen molar-refractivity contribution in [1.82, 2.24) is 15.5 Å². The van der Waals surface area contributed by atoms with Crippen LogP contribution in [0.4, 0.5) is 0 Å². The van der Waals surface area contributed by atoms with Crippen LogP contribution in [0.3, 0.4) is 0 Å². The van der Waals surface area contributed by atoms with E-state index in [0.717, 1.165) is 37.3 Å². The molecule has 5 heteroatoms. The number of hydrogen-bond donors (Lipinski definition) is 2. The number of piperidine rings is 1. The molecule has 0 unspecified atom stereocenters.